The first-order valence-electron chi connectivity index (χ1n) is 9.50. The van der Waals surface area contributed by atoms with Gasteiger partial charge in [-0.1, -0.05) is 43.3 Å². The Hall–Kier alpha value is -4.13. The lowest BCUT2D eigenvalue weighted by Gasteiger charge is -2.20. The molecule has 4 aromatic rings. The van der Waals surface area contributed by atoms with Gasteiger partial charge in [-0.3, -0.25) is 4.79 Å². The zero-order valence-corrected chi connectivity index (χ0v) is 16.8. The third-order valence-corrected chi connectivity index (χ3v) is 5.29. The maximum Gasteiger partial charge on any atom is 0.204 e. The summed E-state index contributed by atoms with van der Waals surface area (Å²) in [5.74, 6) is -1.97. The summed E-state index contributed by atoms with van der Waals surface area (Å²) < 4.78 is 11.2. The van der Waals surface area contributed by atoms with Gasteiger partial charge in [0.15, 0.2) is 16.9 Å². The molecule has 4 rings (SSSR count). The molecule has 3 aromatic carbocycles. The van der Waals surface area contributed by atoms with Gasteiger partial charge in [0.2, 0.25) is 5.75 Å². The Morgan fingerprint density at radius 3 is 2.29 bits per heavy atom. The van der Waals surface area contributed by atoms with Gasteiger partial charge in [-0.05, 0) is 6.07 Å². The number of phenols is 4. The Morgan fingerprint density at radius 2 is 1.65 bits per heavy atom. The minimum absolute atomic E-state index is 0.0258. The molecule has 0 aliphatic carbocycles. The average Bonchev–Trinajstić information content (AvgIpc) is 2.74. The van der Waals surface area contributed by atoms with E-state index in [9.17, 15) is 25.2 Å². The molecule has 0 radical (unpaired) electrons. The molecule has 1 unspecified atom stereocenters. The monoisotopic (exact) mass is 420 g/mol. The lowest BCUT2D eigenvalue weighted by Crippen LogP contribution is -2.07. The standard InChI is InChI=1S/C24H20O7/c1-12(15-9-8-14(25)10-16(15)26)19-21(28)24(30-2)22(29)20-17(27)11-18(31-23(19)20)13-6-4-3-5-7-13/h3-12,25-26,28-29H,1-2H3. The van der Waals surface area contributed by atoms with Gasteiger partial charge in [-0.25, -0.2) is 0 Å². The lowest BCUT2D eigenvalue weighted by molar-refractivity contribution is 0.343. The molecule has 158 valence electrons. The number of benzene rings is 3. The van der Waals surface area contributed by atoms with Crippen LogP contribution in [-0.2, 0) is 0 Å². The summed E-state index contributed by atoms with van der Waals surface area (Å²) in [5, 5.41) is 41.3. The fourth-order valence-corrected chi connectivity index (χ4v) is 3.76. The molecule has 0 aliphatic heterocycles. The summed E-state index contributed by atoms with van der Waals surface area (Å²) in [7, 11) is 1.26. The topological polar surface area (TPSA) is 120 Å². The Labute approximate surface area is 177 Å². The van der Waals surface area contributed by atoms with Gasteiger partial charge in [0.25, 0.3) is 0 Å². The Kier molecular flexibility index (Phi) is 4.94. The highest BCUT2D eigenvalue weighted by Crippen LogP contribution is 2.49. The van der Waals surface area contributed by atoms with Crippen molar-refractivity contribution in [3.8, 4) is 40.1 Å². The van der Waals surface area contributed by atoms with Gasteiger partial charge in [-0.2, -0.15) is 0 Å². The van der Waals surface area contributed by atoms with E-state index in [1.54, 1.807) is 31.2 Å². The summed E-state index contributed by atoms with van der Waals surface area (Å²) >= 11 is 0. The molecular weight excluding hydrogens is 400 g/mol. The average molecular weight is 420 g/mol. The minimum atomic E-state index is -0.688. The second-order valence-electron chi connectivity index (χ2n) is 7.15. The highest BCUT2D eigenvalue weighted by atomic mass is 16.5. The molecule has 0 fully saturated rings. The molecule has 7 nitrogen and oxygen atoms in total. The van der Waals surface area contributed by atoms with E-state index in [0.29, 0.717) is 11.1 Å². The third-order valence-electron chi connectivity index (χ3n) is 5.29. The summed E-state index contributed by atoms with van der Waals surface area (Å²) in [6.07, 6.45) is 0. The Balaban J connectivity index is 2.09. The minimum Gasteiger partial charge on any atom is -0.508 e. The second-order valence-corrected chi connectivity index (χ2v) is 7.15. The molecule has 0 aliphatic rings. The number of aromatic hydroxyl groups is 4. The number of methoxy groups -OCH3 is 1. The van der Waals surface area contributed by atoms with Gasteiger partial charge in [0.1, 0.15) is 28.2 Å². The van der Waals surface area contributed by atoms with Crippen molar-refractivity contribution in [3.05, 3.63) is 75.9 Å². The lowest BCUT2D eigenvalue weighted by atomic mass is 9.89. The van der Waals surface area contributed by atoms with Crippen LogP contribution in [0.25, 0.3) is 22.3 Å². The molecule has 1 aromatic heterocycles. The van der Waals surface area contributed by atoms with E-state index in [-0.39, 0.29) is 39.5 Å². The third kappa shape index (κ3) is 3.30. The van der Waals surface area contributed by atoms with E-state index in [2.05, 4.69) is 0 Å². The molecular formula is C24H20O7. The first kappa shape index (κ1) is 20.2. The number of hydrogen-bond acceptors (Lipinski definition) is 7. The van der Waals surface area contributed by atoms with Crippen LogP contribution < -0.4 is 10.2 Å². The van der Waals surface area contributed by atoms with Crippen LogP contribution >= 0.6 is 0 Å². The van der Waals surface area contributed by atoms with Crippen LogP contribution in [0.5, 0.6) is 28.7 Å². The van der Waals surface area contributed by atoms with Crippen molar-refractivity contribution in [2.45, 2.75) is 12.8 Å². The molecule has 1 heterocycles. The normalized spacial score (nSPS) is 12.1. The summed E-state index contributed by atoms with van der Waals surface area (Å²) in [6.45, 7) is 1.69. The zero-order chi connectivity index (χ0) is 22.3. The van der Waals surface area contributed by atoms with Crippen LogP contribution in [0.4, 0.5) is 0 Å². The van der Waals surface area contributed by atoms with Crippen molar-refractivity contribution in [3.63, 3.8) is 0 Å². The van der Waals surface area contributed by atoms with Crippen LogP contribution in [0.2, 0.25) is 0 Å². The molecule has 0 spiro atoms. The number of phenolic OH excluding ortho intramolecular Hbond substituents is 4. The first-order valence-corrected chi connectivity index (χ1v) is 9.50. The first-order chi connectivity index (χ1) is 14.8. The number of hydrogen-bond donors (Lipinski definition) is 4. The summed E-state index contributed by atoms with van der Waals surface area (Å²) in [5.41, 5.74) is 0.624. The predicted molar refractivity (Wildman–Crippen MR) is 115 cm³/mol. The smallest absolute Gasteiger partial charge is 0.204 e. The molecule has 7 heteroatoms. The van der Waals surface area contributed by atoms with Gasteiger partial charge in [-0.15, -0.1) is 0 Å². The molecule has 0 saturated heterocycles. The number of ether oxygens (including phenoxy) is 1. The van der Waals surface area contributed by atoms with Gasteiger partial charge >= 0.3 is 0 Å². The number of rotatable bonds is 4. The van der Waals surface area contributed by atoms with Gasteiger partial charge in [0.05, 0.1) is 7.11 Å². The SMILES string of the molecule is COc1c(O)c(C(C)c2ccc(O)cc2O)c2oc(-c3ccccc3)cc(=O)c2c1O. The van der Waals surface area contributed by atoms with E-state index in [4.69, 9.17) is 9.15 Å². The Morgan fingerprint density at radius 1 is 0.935 bits per heavy atom. The molecule has 0 amide bonds. The van der Waals surface area contributed by atoms with Crippen molar-refractivity contribution in [1.82, 2.24) is 0 Å². The van der Waals surface area contributed by atoms with Crippen molar-refractivity contribution >= 4 is 11.0 Å². The maximum atomic E-state index is 13.0. The molecule has 0 saturated carbocycles. The Bertz CT molecular complexity index is 1340. The van der Waals surface area contributed by atoms with Crippen molar-refractivity contribution in [2.75, 3.05) is 7.11 Å². The van der Waals surface area contributed by atoms with Crippen LogP contribution in [0.3, 0.4) is 0 Å². The fraction of sp³-hybridized carbons (Fsp3) is 0.125. The van der Waals surface area contributed by atoms with Crippen molar-refractivity contribution < 1.29 is 29.6 Å². The molecule has 0 bridgehead atoms. The quantitative estimate of drug-likeness (QED) is 0.385. The number of fused-ring (bicyclic) bond motifs is 1. The highest BCUT2D eigenvalue weighted by Gasteiger charge is 2.29. The largest absolute Gasteiger partial charge is 0.508 e. The zero-order valence-electron chi connectivity index (χ0n) is 16.8. The van der Waals surface area contributed by atoms with E-state index >= 15 is 0 Å². The van der Waals surface area contributed by atoms with E-state index in [1.165, 1.54) is 31.4 Å². The fourth-order valence-electron chi connectivity index (χ4n) is 3.76. The summed E-state index contributed by atoms with van der Waals surface area (Å²) in [4.78, 5) is 13.0. The van der Waals surface area contributed by atoms with E-state index in [1.807, 2.05) is 6.07 Å². The van der Waals surface area contributed by atoms with Gasteiger partial charge < -0.3 is 29.6 Å². The van der Waals surface area contributed by atoms with E-state index in [0.717, 1.165) is 0 Å². The predicted octanol–water partition coefficient (Wildman–Crippen LogP) is 4.44. The molecule has 31 heavy (non-hydrogen) atoms. The second kappa shape index (κ2) is 7.60. The van der Waals surface area contributed by atoms with Crippen LogP contribution in [0, 0.1) is 0 Å². The highest BCUT2D eigenvalue weighted by molar-refractivity contribution is 5.93. The van der Waals surface area contributed by atoms with Crippen LogP contribution in [0.1, 0.15) is 24.0 Å². The summed E-state index contributed by atoms with van der Waals surface area (Å²) in [6, 6.07) is 14.3. The molecule has 4 N–H and O–H groups in total. The van der Waals surface area contributed by atoms with Crippen LogP contribution in [-0.4, -0.2) is 27.5 Å². The van der Waals surface area contributed by atoms with Gasteiger partial charge in [0, 0.05) is 34.7 Å². The van der Waals surface area contributed by atoms with Crippen LogP contribution in [0.15, 0.2) is 63.8 Å². The maximum absolute atomic E-state index is 13.0. The molecule has 1 atom stereocenters. The van der Waals surface area contributed by atoms with Crippen molar-refractivity contribution in [1.29, 1.82) is 0 Å². The van der Waals surface area contributed by atoms with Crippen molar-refractivity contribution in [2.24, 2.45) is 0 Å². The van der Waals surface area contributed by atoms with E-state index < -0.39 is 22.8 Å².